The lowest BCUT2D eigenvalue weighted by atomic mass is 10.1. The smallest absolute Gasteiger partial charge is 0.253 e. The summed E-state index contributed by atoms with van der Waals surface area (Å²) in [7, 11) is 0. The lowest BCUT2D eigenvalue weighted by molar-refractivity contribution is 0.0901. The first kappa shape index (κ1) is 16.9. The van der Waals surface area contributed by atoms with Gasteiger partial charge in [-0.15, -0.1) is 21.5 Å². The van der Waals surface area contributed by atoms with Crippen LogP contribution in [0, 0.1) is 0 Å². The van der Waals surface area contributed by atoms with Crippen molar-refractivity contribution in [1.29, 1.82) is 0 Å². The summed E-state index contributed by atoms with van der Waals surface area (Å²) >= 11 is 1.78. The van der Waals surface area contributed by atoms with E-state index in [2.05, 4.69) is 42.9 Å². The van der Waals surface area contributed by atoms with Gasteiger partial charge in [-0.3, -0.25) is 14.3 Å². The van der Waals surface area contributed by atoms with E-state index in [-0.39, 0.29) is 11.9 Å². The lowest BCUT2D eigenvalue weighted by Gasteiger charge is -2.32. The molecule has 0 spiro atoms. The number of hydrogen-bond donors (Lipinski definition) is 1. The van der Waals surface area contributed by atoms with Crippen LogP contribution < -0.4 is 5.32 Å². The fourth-order valence-corrected chi connectivity index (χ4v) is 3.95. The first-order valence-corrected chi connectivity index (χ1v) is 9.52. The molecule has 26 heavy (non-hydrogen) atoms. The third kappa shape index (κ3) is 3.97. The predicted molar refractivity (Wildman–Crippen MR) is 99.2 cm³/mol. The zero-order chi connectivity index (χ0) is 17.8. The van der Waals surface area contributed by atoms with E-state index in [0.29, 0.717) is 11.4 Å². The van der Waals surface area contributed by atoms with Gasteiger partial charge in [-0.1, -0.05) is 6.07 Å². The van der Waals surface area contributed by atoms with E-state index in [9.17, 15) is 4.79 Å². The number of carbonyl (C=O) groups is 1. The van der Waals surface area contributed by atoms with Gasteiger partial charge in [0.15, 0.2) is 0 Å². The average Bonchev–Trinajstić information content (AvgIpc) is 3.36. The number of nitrogens with one attached hydrogen (secondary N) is 1. The molecule has 1 amide bonds. The van der Waals surface area contributed by atoms with Crippen molar-refractivity contribution < 1.29 is 4.79 Å². The Kier molecular flexibility index (Phi) is 5.03. The zero-order valence-electron chi connectivity index (χ0n) is 14.3. The second-order valence-electron chi connectivity index (χ2n) is 6.40. The summed E-state index contributed by atoms with van der Waals surface area (Å²) in [4.78, 5) is 20.6. The molecule has 4 heterocycles. The van der Waals surface area contributed by atoms with Gasteiger partial charge in [0.05, 0.1) is 5.56 Å². The minimum Gasteiger partial charge on any atom is -0.348 e. The number of rotatable bonds is 5. The molecule has 3 aromatic heterocycles. The third-order valence-electron chi connectivity index (χ3n) is 4.49. The van der Waals surface area contributed by atoms with E-state index >= 15 is 0 Å². The number of likely N-dealkylation sites (tertiary alicyclic amines) is 1. The highest BCUT2D eigenvalue weighted by molar-refractivity contribution is 7.09. The first-order chi connectivity index (χ1) is 12.8. The second kappa shape index (κ2) is 7.76. The largest absolute Gasteiger partial charge is 0.348 e. The number of pyridine rings is 1. The molecule has 0 radical (unpaired) electrons. The fourth-order valence-electron chi connectivity index (χ4n) is 3.20. The van der Waals surface area contributed by atoms with Crippen LogP contribution in [0.2, 0.25) is 0 Å². The molecule has 0 saturated carbocycles. The molecular weight excluding hydrogens is 348 g/mol. The van der Waals surface area contributed by atoms with Crippen LogP contribution in [0.1, 0.15) is 28.1 Å². The van der Waals surface area contributed by atoms with Crippen LogP contribution in [0.15, 0.2) is 48.5 Å². The summed E-state index contributed by atoms with van der Waals surface area (Å²) in [5.41, 5.74) is 0.567. The topological polar surface area (TPSA) is 75.9 Å². The Morgan fingerprint density at radius 2 is 2.15 bits per heavy atom. The highest BCUT2D eigenvalue weighted by atomic mass is 32.1. The predicted octanol–water partition coefficient (Wildman–Crippen LogP) is 2.12. The first-order valence-electron chi connectivity index (χ1n) is 8.64. The second-order valence-corrected chi connectivity index (χ2v) is 7.43. The molecule has 0 aromatic carbocycles. The van der Waals surface area contributed by atoms with Crippen LogP contribution in [-0.2, 0) is 6.54 Å². The van der Waals surface area contributed by atoms with Gasteiger partial charge in [0.1, 0.15) is 18.5 Å². The maximum Gasteiger partial charge on any atom is 0.253 e. The van der Waals surface area contributed by atoms with Gasteiger partial charge in [-0.25, -0.2) is 4.98 Å². The summed E-state index contributed by atoms with van der Waals surface area (Å²) in [6, 6.07) is 8.00. The maximum atomic E-state index is 12.5. The number of nitrogens with zero attached hydrogens (tertiary/aromatic N) is 5. The minimum absolute atomic E-state index is 0.0734. The molecule has 8 heteroatoms. The van der Waals surface area contributed by atoms with Gasteiger partial charge in [0.25, 0.3) is 5.91 Å². The zero-order valence-corrected chi connectivity index (χ0v) is 15.1. The van der Waals surface area contributed by atoms with E-state index in [4.69, 9.17) is 0 Å². The molecule has 4 rings (SSSR count). The molecule has 1 fully saturated rings. The Morgan fingerprint density at radius 1 is 1.27 bits per heavy atom. The van der Waals surface area contributed by atoms with Crippen LogP contribution in [0.5, 0.6) is 0 Å². The van der Waals surface area contributed by atoms with Gasteiger partial charge in [-0.2, -0.15) is 0 Å². The van der Waals surface area contributed by atoms with E-state index < -0.39 is 0 Å². The summed E-state index contributed by atoms with van der Waals surface area (Å²) in [5, 5.41) is 12.8. The molecule has 1 unspecified atom stereocenters. The summed E-state index contributed by atoms with van der Waals surface area (Å²) in [5.74, 6) is 0.613. The Balaban J connectivity index is 1.35. The number of amides is 1. The Morgan fingerprint density at radius 3 is 2.88 bits per heavy atom. The highest BCUT2D eigenvalue weighted by Crippen LogP contribution is 2.17. The normalized spacial score (nSPS) is 17.9. The molecule has 1 N–H and O–H groups in total. The van der Waals surface area contributed by atoms with Gasteiger partial charge in [0.2, 0.25) is 0 Å². The molecular formula is C18H20N6OS. The number of carbonyl (C=O) groups excluding carboxylic acids is 1. The van der Waals surface area contributed by atoms with Gasteiger partial charge in [0, 0.05) is 30.2 Å². The number of aromatic nitrogens is 4. The monoisotopic (exact) mass is 368 g/mol. The van der Waals surface area contributed by atoms with E-state index in [1.807, 2.05) is 0 Å². The fraction of sp³-hybridized carbons (Fsp3) is 0.333. The van der Waals surface area contributed by atoms with E-state index in [0.717, 1.165) is 32.5 Å². The molecule has 3 aromatic rings. The molecule has 0 aliphatic carbocycles. The summed E-state index contributed by atoms with van der Waals surface area (Å²) < 4.78 is 1.70. The maximum absolute atomic E-state index is 12.5. The highest BCUT2D eigenvalue weighted by Gasteiger charge is 2.22. The number of piperidine rings is 1. The van der Waals surface area contributed by atoms with Crippen molar-refractivity contribution in [3.63, 3.8) is 0 Å². The molecule has 1 aliphatic rings. The number of hydrogen-bond acceptors (Lipinski definition) is 6. The Labute approximate surface area is 155 Å². The molecule has 7 nitrogen and oxygen atoms in total. The van der Waals surface area contributed by atoms with Crippen molar-refractivity contribution in [3.8, 4) is 5.82 Å². The van der Waals surface area contributed by atoms with Crippen molar-refractivity contribution >= 4 is 17.2 Å². The Bertz CT molecular complexity index is 831. The van der Waals surface area contributed by atoms with Crippen molar-refractivity contribution in [3.05, 3.63) is 58.9 Å². The average molecular weight is 368 g/mol. The quantitative estimate of drug-likeness (QED) is 0.747. The number of thiophene rings is 1. The third-order valence-corrected chi connectivity index (χ3v) is 5.35. The summed E-state index contributed by atoms with van der Waals surface area (Å²) in [6.07, 6.45) is 6.86. The van der Waals surface area contributed by atoms with E-state index in [1.54, 1.807) is 46.9 Å². The molecule has 1 saturated heterocycles. The molecule has 1 atom stereocenters. The van der Waals surface area contributed by atoms with E-state index in [1.165, 1.54) is 4.88 Å². The lowest BCUT2D eigenvalue weighted by Crippen LogP contribution is -2.47. The van der Waals surface area contributed by atoms with Crippen LogP contribution >= 0.6 is 11.3 Å². The van der Waals surface area contributed by atoms with Gasteiger partial charge >= 0.3 is 0 Å². The van der Waals surface area contributed by atoms with Crippen molar-refractivity contribution in [1.82, 2.24) is 30.0 Å². The molecule has 1 aliphatic heterocycles. The molecule has 134 valence electrons. The van der Waals surface area contributed by atoms with Crippen LogP contribution in [0.3, 0.4) is 0 Å². The van der Waals surface area contributed by atoms with Crippen LogP contribution in [0.4, 0.5) is 0 Å². The molecule has 0 bridgehead atoms. The standard InChI is InChI=1S/C18H20N6OS/c25-18(14-5-6-17(19-9-14)24-12-20-21-13-24)22-15-3-1-7-23(10-15)11-16-4-2-8-26-16/h2,4-6,8-9,12-13,15H,1,3,7,10-11H2,(H,22,25). The van der Waals surface area contributed by atoms with Crippen molar-refractivity contribution in [2.45, 2.75) is 25.4 Å². The van der Waals surface area contributed by atoms with Crippen LogP contribution in [-0.4, -0.2) is 49.7 Å². The van der Waals surface area contributed by atoms with Crippen LogP contribution in [0.25, 0.3) is 5.82 Å². The SMILES string of the molecule is O=C(NC1CCCN(Cc2cccs2)C1)c1ccc(-n2cnnc2)nc1. The van der Waals surface area contributed by atoms with Gasteiger partial charge in [-0.05, 0) is 43.0 Å². The van der Waals surface area contributed by atoms with Crippen molar-refractivity contribution in [2.24, 2.45) is 0 Å². The summed E-state index contributed by atoms with van der Waals surface area (Å²) in [6.45, 7) is 2.93. The van der Waals surface area contributed by atoms with Gasteiger partial charge < -0.3 is 5.32 Å². The Hall–Kier alpha value is -2.58. The van der Waals surface area contributed by atoms with Crippen molar-refractivity contribution in [2.75, 3.05) is 13.1 Å². The minimum atomic E-state index is -0.0734.